The Bertz CT molecular complexity index is 332. The lowest BCUT2D eigenvalue weighted by atomic mass is 10.2. The second kappa shape index (κ2) is 8.08. The summed E-state index contributed by atoms with van der Waals surface area (Å²) in [7, 11) is 2.01. The van der Waals surface area contributed by atoms with Gasteiger partial charge in [-0.1, -0.05) is 0 Å². The summed E-state index contributed by atoms with van der Waals surface area (Å²) >= 11 is 0. The lowest BCUT2D eigenvalue weighted by molar-refractivity contribution is -0.133. The third kappa shape index (κ3) is 5.21. The molecule has 0 aromatic rings. The molecule has 0 radical (unpaired) electrons. The van der Waals surface area contributed by atoms with E-state index in [1.807, 2.05) is 11.9 Å². The molecule has 2 heterocycles. The van der Waals surface area contributed by atoms with Crippen molar-refractivity contribution in [3.63, 3.8) is 0 Å². The number of piperazine rings is 1. The number of nitrogens with one attached hydrogen (secondary N) is 1. The molecule has 2 fully saturated rings. The molecule has 1 amide bonds. The second-order valence-corrected chi connectivity index (χ2v) is 6.41. The molecule has 122 valence electrons. The highest BCUT2D eigenvalue weighted by Crippen LogP contribution is 2.09. The zero-order valence-electron chi connectivity index (χ0n) is 13.7. The molecule has 2 aliphatic rings. The van der Waals surface area contributed by atoms with Crippen molar-refractivity contribution in [2.24, 2.45) is 0 Å². The molecule has 1 N–H and O–H groups in total. The molecule has 6 heteroatoms. The highest BCUT2D eigenvalue weighted by Gasteiger charge is 2.24. The number of rotatable bonds is 5. The van der Waals surface area contributed by atoms with E-state index in [1.165, 1.54) is 0 Å². The number of ether oxygens (including phenoxy) is 1. The van der Waals surface area contributed by atoms with Crippen LogP contribution in [-0.2, 0) is 9.53 Å². The lowest BCUT2D eigenvalue weighted by Gasteiger charge is -2.37. The Morgan fingerprint density at radius 1 is 1.33 bits per heavy atom. The molecule has 0 aliphatic carbocycles. The monoisotopic (exact) mass is 298 g/mol. The first kappa shape index (κ1) is 16.7. The number of nitrogens with zero attached hydrogens (tertiary/aromatic N) is 3. The molecule has 0 saturated carbocycles. The predicted octanol–water partition coefficient (Wildman–Crippen LogP) is -0.541. The number of carbonyl (C=O) groups is 1. The molecule has 0 aromatic heterocycles. The van der Waals surface area contributed by atoms with Gasteiger partial charge in [0.15, 0.2) is 0 Å². The van der Waals surface area contributed by atoms with Crippen molar-refractivity contribution >= 4 is 5.91 Å². The minimum atomic E-state index is 0.210. The molecule has 2 rings (SSSR count). The fourth-order valence-electron chi connectivity index (χ4n) is 2.98. The van der Waals surface area contributed by atoms with Gasteiger partial charge in [-0.3, -0.25) is 14.6 Å². The van der Waals surface area contributed by atoms with Gasteiger partial charge in [-0.2, -0.15) is 0 Å². The number of hydrogen-bond acceptors (Lipinski definition) is 5. The molecule has 1 atom stereocenters. The van der Waals surface area contributed by atoms with Gasteiger partial charge in [-0.15, -0.1) is 0 Å². The van der Waals surface area contributed by atoms with Crippen LogP contribution in [0.1, 0.15) is 13.8 Å². The van der Waals surface area contributed by atoms with Gasteiger partial charge in [0.25, 0.3) is 0 Å². The normalized spacial score (nSPS) is 24.8. The molecule has 0 aromatic carbocycles. The van der Waals surface area contributed by atoms with E-state index in [0.717, 1.165) is 52.4 Å². The Morgan fingerprint density at radius 2 is 2.05 bits per heavy atom. The average molecular weight is 298 g/mol. The summed E-state index contributed by atoms with van der Waals surface area (Å²) in [5, 5.41) is 3.27. The van der Waals surface area contributed by atoms with Crippen molar-refractivity contribution in [3.8, 4) is 0 Å². The van der Waals surface area contributed by atoms with Crippen molar-refractivity contribution in [3.05, 3.63) is 0 Å². The number of morpholine rings is 1. The Balaban J connectivity index is 1.73. The van der Waals surface area contributed by atoms with Crippen LogP contribution in [0.15, 0.2) is 0 Å². The van der Waals surface area contributed by atoms with Crippen LogP contribution >= 0.6 is 0 Å². The number of likely N-dealkylation sites (N-methyl/N-ethyl adjacent to an activating group) is 1. The highest BCUT2D eigenvalue weighted by molar-refractivity contribution is 5.78. The van der Waals surface area contributed by atoms with Gasteiger partial charge in [0, 0.05) is 51.9 Å². The topological polar surface area (TPSA) is 48.1 Å². The van der Waals surface area contributed by atoms with Crippen LogP contribution in [0.3, 0.4) is 0 Å². The van der Waals surface area contributed by atoms with Gasteiger partial charge in [-0.05, 0) is 20.9 Å². The number of amides is 1. The van der Waals surface area contributed by atoms with Gasteiger partial charge >= 0.3 is 0 Å². The number of carbonyl (C=O) groups excluding carboxylic acids is 1. The van der Waals surface area contributed by atoms with Crippen LogP contribution in [-0.4, -0.2) is 98.8 Å². The van der Waals surface area contributed by atoms with E-state index >= 15 is 0 Å². The van der Waals surface area contributed by atoms with E-state index < -0.39 is 0 Å². The van der Waals surface area contributed by atoms with Crippen molar-refractivity contribution in [1.82, 2.24) is 20.0 Å². The summed E-state index contributed by atoms with van der Waals surface area (Å²) in [4.78, 5) is 18.7. The van der Waals surface area contributed by atoms with Crippen LogP contribution in [0.4, 0.5) is 0 Å². The van der Waals surface area contributed by atoms with Gasteiger partial charge in [0.2, 0.25) is 5.91 Å². The highest BCUT2D eigenvalue weighted by atomic mass is 16.5. The largest absolute Gasteiger partial charge is 0.374 e. The Labute approximate surface area is 128 Å². The van der Waals surface area contributed by atoms with Crippen LogP contribution in [0.5, 0.6) is 0 Å². The zero-order chi connectivity index (χ0) is 15.2. The van der Waals surface area contributed by atoms with Gasteiger partial charge in [0.1, 0.15) is 0 Å². The molecule has 0 bridgehead atoms. The smallest absolute Gasteiger partial charge is 0.236 e. The fraction of sp³-hybridized carbons (Fsp3) is 0.933. The van der Waals surface area contributed by atoms with E-state index in [2.05, 4.69) is 29.0 Å². The third-order valence-electron chi connectivity index (χ3n) is 4.29. The van der Waals surface area contributed by atoms with E-state index in [-0.39, 0.29) is 12.0 Å². The fourth-order valence-corrected chi connectivity index (χ4v) is 2.98. The maximum Gasteiger partial charge on any atom is 0.236 e. The van der Waals surface area contributed by atoms with Crippen LogP contribution in [0, 0.1) is 0 Å². The van der Waals surface area contributed by atoms with Gasteiger partial charge in [-0.25, -0.2) is 0 Å². The van der Waals surface area contributed by atoms with E-state index in [4.69, 9.17) is 4.74 Å². The summed E-state index contributed by atoms with van der Waals surface area (Å²) in [5.41, 5.74) is 0. The van der Waals surface area contributed by atoms with E-state index in [1.54, 1.807) is 0 Å². The Hall–Kier alpha value is -0.690. The molecule has 2 aliphatic heterocycles. The second-order valence-electron chi connectivity index (χ2n) is 6.41. The molecular formula is C15H30N4O2. The summed E-state index contributed by atoms with van der Waals surface area (Å²) in [6, 6.07) is 0.559. The molecule has 6 nitrogen and oxygen atoms in total. The first-order valence-electron chi connectivity index (χ1n) is 8.09. The van der Waals surface area contributed by atoms with Crippen LogP contribution in [0.25, 0.3) is 0 Å². The van der Waals surface area contributed by atoms with Gasteiger partial charge < -0.3 is 15.0 Å². The first-order chi connectivity index (χ1) is 10.1. The van der Waals surface area contributed by atoms with E-state index in [9.17, 15) is 4.79 Å². The molecule has 21 heavy (non-hydrogen) atoms. The van der Waals surface area contributed by atoms with Crippen molar-refractivity contribution in [1.29, 1.82) is 0 Å². The van der Waals surface area contributed by atoms with Crippen LogP contribution < -0.4 is 5.32 Å². The van der Waals surface area contributed by atoms with Crippen molar-refractivity contribution in [2.75, 3.05) is 66.0 Å². The third-order valence-corrected chi connectivity index (χ3v) is 4.29. The Kier molecular flexibility index (Phi) is 6.41. The maximum absolute atomic E-state index is 12.2. The lowest BCUT2D eigenvalue weighted by Crippen LogP contribution is -2.52. The standard InChI is InChI=1S/C15H30N4O2/c1-13(2)19-8-9-21-14(11-19)10-17(3)12-15(20)18-6-4-16-5-7-18/h13-14,16H,4-12H2,1-3H3. The quantitative estimate of drug-likeness (QED) is 0.739. The summed E-state index contributed by atoms with van der Waals surface area (Å²) < 4.78 is 5.84. The van der Waals surface area contributed by atoms with E-state index in [0.29, 0.717) is 12.6 Å². The predicted molar refractivity (Wildman–Crippen MR) is 83.4 cm³/mol. The SMILES string of the molecule is CC(C)N1CCOC(CN(C)CC(=O)N2CCNCC2)C1. The van der Waals surface area contributed by atoms with Crippen LogP contribution in [0.2, 0.25) is 0 Å². The average Bonchev–Trinajstić information content (AvgIpc) is 2.48. The first-order valence-corrected chi connectivity index (χ1v) is 8.09. The summed E-state index contributed by atoms with van der Waals surface area (Å²) in [6.07, 6.45) is 0.210. The number of hydrogen-bond donors (Lipinski definition) is 1. The van der Waals surface area contributed by atoms with Crippen molar-refractivity contribution in [2.45, 2.75) is 26.0 Å². The molecule has 2 saturated heterocycles. The molecule has 0 spiro atoms. The zero-order valence-corrected chi connectivity index (χ0v) is 13.7. The van der Waals surface area contributed by atoms with Crippen molar-refractivity contribution < 1.29 is 9.53 Å². The minimum Gasteiger partial charge on any atom is -0.374 e. The Morgan fingerprint density at radius 3 is 2.71 bits per heavy atom. The van der Waals surface area contributed by atoms with Gasteiger partial charge in [0.05, 0.1) is 19.3 Å². The molecular weight excluding hydrogens is 268 g/mol. The summed E-state index contributed by atoms with van der Waals surface area (Å²) in [6.45, 7) is 12.0. The minimum absolute atomic E-state index is 0.210. The summed E-state index contributed by atoms with van der Waals surface area (Å²) in [5.74, 6) is 0.232. The maximum atomic E-state index is 12.2. The molecule has 1 unspecified atom stereocenters.